The average molecular weight is 234 g/mol. The molecule has 0 saturated carbocycles. The predicted molar refractivity (Wildman–Crippen MR) is 65.2 cm³/mol. The molecule has 92 valence electrons. The molecule has 17 heavy (non-hydrogen) atoms. The van der Waals surface area contributed by atoms with Crippen molar-refractivity contribution in [1.82, 2.24) is 0 Å². The molecule has 0 N–H and O–H groups in total. The van der Waals surface area contributed by atoms with Crippen LogP contribution in [0.1, 0.15) is 19.4 Å². The summed E-state index contributed by atoms with van der Waals surface area (Å²) in [6.07, 6.45) is 0.434. The topological polar surface area (TPSA) is 35.5 Å². The summed E-state index contributed by atoms with van der Waals surface area (Å²) in [7, 11) is 0. The third kappa shape index (κ3) is 3.07. The SMILES string of the molecule is CC(=O)Cc1ccccc1OCC1(C)COC1. The number of hydrogen-bond donors (Lipinski definition) is 0. The van der Waals surface area contributed by atoms with Gasteiger partial charge in [-0.05, 0) is 13.0 Å². The third-order valence-corrected chi connectivity index (χ3v) is 2.89. The first kappa shape index (κ1) is 12.1. The van der Waals surface area contributed by atoms with Gasteiger partial charge < -0.3 is 9.47 Å². The lowest BCUT2D eigenvalue weighted by Crippen LogP contribution is -2.44. The highest BCUT2D eigenvalue weighted by Gasteiger charge is 2.34. The highest BCUT2D eigenvalue weighted by Crippen LogP contribution is 2.28. The molecule has 1 aromatic rings. The summed E-state index contributed by atoms with van der Waals surface area (Å²) >= 11 is 0. The van der Waals surface area contributed by atoms with Gasteiger partial charge in [-0.1, -0.05) is 25.1 Å². The quantitative estimate of drug-likeness (QED) is 0.783. The maximum absolute atomic E-state index is 11.2. The smallest absolute Gasteiger partial charge is 0.134 e. The second-order valence-corrected chi connectivity index (χ2v) is 5.08. The second kappa shape index (κ2) is 4.88. The molecule has 0 amide bonds. The Labute approximate surface area is 102 Å². The van der Waals surface area contributed by atoms with Gasteiger partial charge in [-0.15, -0.1) is 0 Å². The number of carbonyl (C=O) groups is 1. The summed E-state index contributed by atoms with van der Waals surface area (Å²) in [6.45, 7) is 5.88. The van der Waals surface area contributed by atoms with Crippen molar-refractivity contribution in [3.8, 4) is 5.75 Å². The zero-order valence-electron chi connectivity index (χ0n) is 10.4. The summed E-state index contributed by atoms with van der Waals surface area (Å²) in [4.78, 5) is 11.2. The first-order valence-corrected chi connectivity index (χ1v) is 5.87. The Hall–Kier alpha value is -1.35. The standard InChI is InChI=1S/C14H18O3/c1-11(15)7-12-5-3-4-6-13(12)17-10-14(2)8-16-9-14/h3-6H,7-10H2,1-2H3. The molecule has 0 atom stereocenters. The van der Waals surface area contributed by atoms with Crippen molar-refractivity contribution in [2.24, 2.45) is 5.41 Å². The molecule has 3 heteroatoms. The van der Waals surface area contributed by atoms with E-state index in [1.807, 2.05) is 24.3 Å². The van der Waals surface area contributed by atoms with Gasteiger partial charge in [-0.2, -0.15) is 0 Å². The largest absolute Gasteiger partial charge is 0.493 e. The normalized spacial score (nSPS) is 17.3. The van der Waals surface area contributed by atoms with E-state index in [1.165, 1.54) is 0 Å². The van der Waals surface area contributed by atoms with Crippen molar-refractivity contribution in [1.29, 1.82) is 0 Å². The van der Waals surface area contributed by atoms with Crippen molar-refractivity contribution in [3.63, 3.8) is 0 Å². The van der Waals surface area contributed by atoms with Crippen LogP contribution in [0.4, 0.5) is 0 Å². The van der Waals surface area contributed by atoms with Crippen LogP contribution in [0, 0.1) is 5.41 Å². The first-order valence-electron chi connectivity index (χ1n) is 5.87. The fraction of sp³-hybridized carbons (Fsp3) is 0.500. The summed E-state index contributed by atoms with van der Waals surface area (Å²) < 4.78 is 11.0. The number of Topliss-reactive ketones (excluding diaryl/α,β-unsaturated/α-hetero) is 1. The molecule has 1 aliphatic heterocycles. The fourth-order valence-corrected chi connectivity index (χ4v) is 1.84. The van der Waals surface area contributed by atoms with Crippen LogP contribution in [0.2, 0.25) is 0 Å². The molecule has 0 radical (unpaired) electrons. The Balaban J connectivity index is 2.01. The van der Waals surface area contributed by atoms with E-state index in [0.717, 1.165) is 24.5 Å². The average Bonchev–Trinajstić information content (AvgIpc) is 2.25. The molecular weight excluding hydrogens is 216 g/mol. The number of benzene rings is 1. The van der Waals surface area contributed by atoms with Crippen molar-refractivity contribution in [2.75, 3.05) is 19.8 Å². The molecule has 2 rings (SSSR count). The van der Waals surface area contributed by atoms with E-state index < -0.39 is 0 Å². The van der Waals surface area contributed by atoms with Gasteiger partial charge in [0.25, 0.3) is 0 Å². The summed E-state index contributed by atoms with van der Waals surface area (Å²) in [6, 6.07) is 7.72. The van der Waals surface area contributed by atoms with E-state index in [2.05, 4.69) is 6.92 Å². The van der Waals surface area contributed by atoms with Gasteiger partial charge in [-0.3, -0.25) is 4.79 Å². The highest BCUT2D eigenvalue weighted by atomic mass is 16.5. The van der Waals surface area contributed by atoms with Gasteiger partial charge in [0.15, 0.2) is 0 Å². The molecule has 1 fully saturated rings. The zero-order valence-corrected chi connectivity index (χ0v) is 10.4. The van der Waals surface area contributed by atoms with Crippen LogP contribution in [0.25, 0.3) is 0 Å². The third-order valence-electron chi connectivity index (χ3n) is 2.89. The lowest BCUT2D eigenvalue weighted by molar-refractivity contribution is -0.120. The van der Waals surface area contributed by atoms with E-state index in [4.69, 9.17) is 9.47 Å². The summed E-state index contributed by atoms with van der Waals surface area (Å²) in [5.41, 5.74) is 1.09. The van der Waals surface area contributed by atoms with Crippen LogP contribution in [0.5, 0.6) is 5.75 Å². The van der Waals surface area contributed by atoms with Gasteiger partial charge in [0, 0.05) is 17.4 Å². The summed E-state index contributed by atoms with van der Waals surface area (Å²) in [5.74, 6) is 0.968. The Kier molecular flexibility index (Phi) is 3.48. The van der Waals surface area contributed by atoms with E-state index >= 15 is 0 Å². The van der Waals surface area contributed by atoms with Crippen molar-refractivity contribution in [3.05, 3.63) is 29.8 Å². The molecule has 1 heterocycles. The van der Waals surface area contributed by atoms with Crippen LogP contribution in [0.3, 0.4) is 0 Å². The number of hydrogen-bond acceptors (Lipinski definition) is 3. The molecule has 0 aliphatic carbocycles. The number of para-hydroxylation sites is 1. The molecule has 0 unspecified atom stereocenters. The molecule has 0 aromatic heterocycles. The Bertz CT molecular complexity index is 408. The Morgan fingerprint density at radius 2 is 2.12 bits per heavy atom. The number of ketones is 1. The lowest BCUT2D eigenvalue weighted by atomic mass is 9.90. The van der Waals surface area contributed by atoms with Crippen molar-refractivity contribution < 1.29 is 14.3 Å². The zero-order chi connectivity index (χ0) is 12.3. The number of ether oxygens (including phenoxy) is 2. The van der Waals surface area contributed by atoms with Crippen LogP contribution < -0.4 is 4.74 Å². The van der Waals surface area contributed by atoms with Crippen LogP contribution in [-0.4, -0.2) is 25.6 Å². The predicted octanol–water partition coefficient (Wildman–Crippen LogP) is 2.23. The lowest BCUT2D eigenvalue weighted by Gasteiger charge is -2.37. The molecule has 0 spiro atoms. The minimum Gasteiger partial charge on any atom is -0.493 e. The monoisotopic (exact) mass is 234 g/mol. The molecule has 1 saturated heterocycles. The van der Waals surface area contributed by atoms with E-state index in [-0.39, 0.29) is 11.2 Å². The fourth-order valence-electron chi connectivity index (χ4n) is 1.84. The van der Waals surface area contributed by atoms with Crippen LogP contribution in [-0.2, 0) is 16.0 Å². The molecule has 1 aliphatic rings. The van der Waals surface area contributed by atoms with Crippen LogP contribution in [0.15, 0.2) is 24.3 Å². The van der Waals surface area contributed by atoms with E-state index in [9.17, 15) is 4.79 Å². The minimum absolute atomic E-state index is 0.128. The van der Waals surface area contributed by atoms with Crippen LogP contribution >= 0.6 is 0 Å². The second-order valence-electron chi connectivity index (χ2n) is 5.08. The highest BCUT2D eigenvalue weighted by molar-refractivity contribution is 5.78. The molecular formula is C14H18O3. The minimum atomic E-state index is 0.128. The van der Waals surface area contributed by atoms with Gasteiger partial charge in [-0.25, -0.2) is 0 Å². The van der Waals surface area contributed by atoms with Gasteiger partial charge >= 0.3 is 0 Å². The van der Waals surface area contributed by atoms with Gasteiger partial charge in [0.05, 0.1) is 19.8 Å². The van der Waals surface area contributed by atoms with Crippen molar-refractivity contribution >= 4 is 5.78 Å². The first-order chi connectivity index (χ1) is 8.09. The Morgan fingerprint density at radius 1 is 1.41 bits per heavy atom. The van der Waals surface area contributed by atoms with Gasteiger partial charge in [0.2, 0.25) is 0 Å². The summed E-state index contributed by atoms with van der Waals surface area (Å²) in [5, 5.41) is 0. The van der Waals surface area contributed by atoms with Gasteiger partial charge in [0.1, 0.15) is 11.5 Å². The Morgan fingerprint density at radius 3 is 2.71 bits per heavy atom. The molecule has 0 bridgehead atoms. The van der Waals surface area contributed by atoms with Crippen molar-refractivity contribution in [2.45, 2.75) is 20.3 Å². The van der Waals surface area contributed by atoms with E-state index in [0.29, 0.717) is 13.0 Å². The molecule has 1 aromatic carbocycles. The maximum Gasteiger partial charge on any atom is 0.134 e. The number of carbonyl (C=O) groups excluding carboxylic acids is 1. The maximum atomic E-state index is 11.2. The molecule has 3 nitrogen and oxygen atoms in total. The van der Waals surface area contributed by atoms with E-state index in [1.54, 1.807) is 6.92 Å². The number of rotatable bonds is 5.